The molecule has 5 heteroatoms. The summed E-state index contributed by atoms with van der Waals surface area (Å²) in [5.74, 6) is 2.64. The SMILES string of the molecule is CSCC[C@H](NC(=O)C1C2C3CCC(C3)C12)C(=O)O. The van der Waals surface area contributed by atoms with Gasteiger partial charge in [0.1, 0.15) is 6.04 Å². The predicted molar refractivity (Wildman–Crippen MR) is 73.9 cm³/mol. The summed E-state index contributed by atoms with van der Waals surface area (Å²) in [5.41, 5.74) is 0. The average molecular weight is 283 g/mol. The van der Waals surface area contributed by atoms with Gasteiger partial charge in [0, 0.05) is 5.92 Å². The molecule has 3 fully saturated rings. The van der Waals surface area contributed by atoms with Crippen molar-refractivity contribution in [3.8, 4) is 0 Å². The second-order valence-corrected chi connectivity index (χ2v) is 7.18. The molecule has 3 aliphatic rings. The van der Waals surface area contributed by atoms with Crippen LogP contribution in [0.2, 0.25) is 0 Å². The third-order valence-corrected chi connectivity index (χ3v) is 5.91. The van der Waals surface area contributed by atoms with Crippen molar-refractivity contribution >= 4 is 23.6 Å². The number of nitrogens with one attached hydrogen (secondary N) is 1. The minimum atomic E-state index is -0.906. The van der Waals surface area contributed by atoms with Crippen LogP contribution in [0.25, 0.3) is 0 Å². The van der Waals surface area contributed by atoms with Gasteiger partial charge < -0.3 is 10.4 Å². The summed E-state index contributed by atoms with van der Waals surface area (Å²) in [4.78, 5) is 23.4. The highest BCUT2D eigenvalue weighted by atomic mass is 32.2. The third-order valence-electron chi connectivity index (χ3n) is 5.26. The first-order valence-corrected chi connectivity index (χ1v) is 8.55. The molecular weight excluding hydrogens is 262 g/mol. The molecule has 2 N–H and O–H groups in total. The van der Waals surface area contributed by atoms with E-state index in [2.05, 4.69) is 5.32 Å². The summed E-state index contributed by atoms with van der Waals surface area (Å²) in [6.07, 6.45) is 6.34. The van der Waals surface area contributed by atoms with Gasteiger partial charge in [0.2, 0.25) is 5.91 Å². The van der Waals surface area contributed by atoms with Gasteiger partial charge in [-0.1, -0.05) is 0 Å². The first-order valence-electron chi connectivity index (χ1n) is 7.15. The molecule has 0 aliphatic heterocycles. The highest BCUT2D eigenvalue weighted by molar-refractivity contribution is 7.98. The van der Waals surface area contributed by atoms with Crippen molar-refractivity contribution in [1.29, 1.82) is 0 Å². The van der Waals surface area contributed by atoms with Gasteiger partial charge in [-0.15, -0.1) is 0 Å². The number of fused-ring (bicyclic) bond motifs is 5. The number of aliphatic carboxylic acids is 1. The smallest absolute Gasteiger partial charge is 0.326 e. The molecule has 4 unspecified atom stereocenters. The number of amides is 1. The maximum Gasteiger partial charge on any atom is 0.326 e. The van der Waals surface area contributed by atoms with Crippen LogP contribution in [0, 0.1) is 29.6 Å². The van der Waals surface area contributed by atoms with Crippen LogP contribution in [0.5, 0.6) is 0 Å². The first kappa shape index (κ1) is 13.3. The Morgan fingerprint density at radius 2 is 1.95 bits per heavy atom. The number of hydrogen-bond acceptors (Lipinski definition) is 3. The maximum absolute atomic E-state index is 12.2. The molecule has 5 atom stereocenters. The van der Waals surface area contributed by atoms with Crippen LogP contribution in [0.4, 0.5) is 0 Å². The fourth-order valence-electron chi connectivity index (χ4n) is 4.44. The summed E-state index contributed by atoms with van der Waals surface area (Å²) in [7, 11) is 0. The predicted octanol–water partition coefficient (Wildman–Crippen LogP) is 1.60. The Balaban J connectivity index is 1.55. The Morgan fingerprint density at radius 3 is 2.47 bits per heavy atom. The minimum absolute atomic E-state index is 0.0000954. The van der Waals surface area contributed by atoms with Gasteiger partial charge >= 0.3 is 5.97 Å². The highest BCUT2D eigenvalue weighted by Crippen LogP contribution is 2.69. The number of carboxylic acids is 1. The van der Waals surface area contributed by atoms with Gasteiger partial charge in [-0.2, -0.15) is 11.8 Å². The summed E-state index contributed by atoms with van der Waals surface area (Å²) >= 11 is 1.61. The van der Waals surface area contributed by atoms with Crippen molar-refractivity contribution in [1.82, 2.24) is 5.32 Å². The minimum Gasteiger partial charge on any atom is -0.480 e. The summed E-state index contributed by atoms with van der Waals surface area (Å²) in [6.45, 7) is 0. The van der Waals surface area contributed by atoms with E-state index in [1.165, 1.54) is 19.3 Å². The van der Waals surface area contributed by atoms with Gasteiger partial charge in [0.05, 0.1) is 0 Å². The first-order chi connectivity index (χ1) is 9.13. The van der Waals surface area contributed by atoms with Crippen molar-refractivity contribution in [3.05, 3.63) is 0 Å². The van der Waals surface area contributed by atoms with E-state index >= 15 is 0 Å². The maximum atomic E-state index is 12.2. The van der Waals surface area contributed by atoms with Crippen LogP contribution in [0.1, 0.15) is 25.7 Å². The van der Waals surface area contributed by atoms with Crippen LogP contribution in [-0.2, 0) is 9.59 Å². The molecule has 3 rings (SSSR count). The lowest BCUT2D eigenvalue weighted by Crippen LogP contribution is -2.42. The molecule has 2 bridgehead atoms. The van der Waals surface area contributed by atoms with E-state index in [0.29, 0.717) is 18.3 Å². The molecule has 106 valence electrons. The normalized spacial score (nSPS) is 39.7. The van der Waals surface area contributed by atoms with Gasteiger partial charge in [0.15, 0.2) is 0 Å². The Labute approximate surface area is 117 Å². The quantitative estimate of drug-likeness (QED) is 0.777. The van der Waals surface area contributed by atoms with E-state index in [4.69, 9.17) is 5.11 Å². The summed E-state index contributed by atoms with van der Waals surface area (Å²) in [6, 6.07) is -0.709. The summed E-state index contributed by atoms with van der Waals surface area (Å²) < 4.78 is 0. The van der Waals surface area contributed by atoms with E-state index in [1.807, 2.05) is 6.26 Å². The fourth-order valence-corrected chi connectivity index (χ4v) is 4.91. The number of hydrogen-bond donors (Lipinski definition) is 2. The van der Waals surface area contributed by atoms with Crippen molar-refractivity contribution in [2.75, 3.05) is 12.0 Å². The summed E-state index contributed by atoms with van der Waals surface area (Å²) in [5, 5.41) is 11.9. The zero-order chi connectivity index (χ0) is 13.6. The fraction of sp³-hybridized carbons (Fsp3) is 0.857. The molecule has 0 saturated heterocycles. The molecular formula is C14H21NO3S. The number of carboxylic acid groups (broad SMARTS) is 1. The molecule has 0 heterocycles. The monoisotopic (exact) mass is 283 g/mol. The zero-order valence-electron chi connectivity index (χ0n) is 11.2. The topological polar surface area (TPSA) is 66.4 Å². The Bertz CT molecular complexity index is 384. The van der Waals surface area contributed by atoms with Crippen molar-refractivity contribution in [2.45, 2.75) is 31.7 Å². The molecule has 0 aromatic heterocycles. The van der Waals surface area contributed by atoms with Crippen LogP contribution in [-0.4, -0.2) is 35.0 Å². The second-order valence-electron chi connectivity index (χ2n) is 6.19. The standard InChI is InChI=1S/C14H21NO3S/c1-19-5-4-9(14(17)18)15-13(16)12-10-7-2-3-8(6-7)11(10)12/h7-12H,2-6H2,1H3,(H,15,16)(H,17,18)/t7?,8?,9-,10?,11?,12?/m0/s1. The molecule has 0 aromatic rings. The Kier molecular flexibility index (Phi) is 3.50. The molecule has 4 nitrogen and oxygen atoms in total. The zero-order valence-corrected chi connectivity index (χ0v) is 12.0. The molecule has 0 aromatic carbocycles. The van der Waals surface area contributed by atoms with E-state index in [-0.39, 0.29) is 11.8 Å². The number of carbonyl (C=O) groups is 2. The number of rotatable bonds is 6. The molecule has 0 spiro atoms. The van der Waals surface area contributed by atoms with E-state index in [1.54, 1.807) is 11.8 Å². The molecule has 1 amide bonds. The Hall–Kier alpha value is -0.710. The van der Waals surface area contributed by atoms with Crippen LogP contribution in [0.3, 0.4) is 0 Å². The molecule has 3 aliphatic carbocycles. The van der Waals surface area contributed by atoms with Crippen LogP contribution in [0.15, 0.2) is 0 Å². The Morgan fingerprint density at radius 1 is 1.32 bits per heavy atom. The van der Waals surface area contributed by atoms with Crippen molar-refractivity contribution in [2.24, 2.45) is 29.6 Å². The number of thioether (sulfide) groups is 1. The lowest BCUT2D eigenvalue weighted by Gasteiger charge is -2.15. The lowest BCUT2D eigenvalue weighted by atomic mass is 10.0. The lowest BCUT2D eigenvalue weighted by molar-refractivity contribution is -0.142. The van der Waals surface area contributed by atoms with Gasteiger partial charge in [0.25, 0.3) is 0 Å². The average Bonchev–Trinajstić information content (AvgIpc) is 2.83. The van der Waals surface area contributed by atoms with Crippen LogP contribution >= 0.6 is 11.8 Å². The third kappa shape index (κ3) is 2.26. The van der Waals surface area contributed by atoms with E-state index in [0.717, 1.165) is 17.6 Å². The molecule has 3 saturated carbocycles. The van der Waals surface area contributed by atoms with Crippen LogP contribution < -0.4 is 5.32 Å². The van der Waals surface area contributed by atoms with E-state index in [9.17, 15) is 9.59 Å². The second kappa shape index (κ2) is 5.00. The van der Waals surface area contributed by atoms with Crippen molar-refractivity contribution in [3.63, 3.8) is 0 Å². The van der Waals surface area contributed by atoms with Gasteiger partial charge in [-0.3, -0.25) is 4.79 Å². The number of carbonyl (C=O) groups excluding carboxylic acids is 1. The van der Waals surface area contributed by atoms with E-state index < -0.39 is 12.0 Å². The van der Waals surface area contributed by atoms with Crippen molar-refractivity contribution < 1.29 is 14.7 Å². The van der Waals surface area contributed by atoms with Gasteiger partial charge in [-0.25, -0.2) is 4.79 Å². The molecule has 19 heavy (non-hydrogen) atoms. The largest absolute Gasteiger partial charge is 0.480 e. The molecule has 0 radical (unpaired) electrons. The van der Waals surface area contributed by atoms with Gasteiger partial charge in [-0.05, 0) is 61.4 Å². The highest BCUT2D eigenvalue weighted by Gasteiger charge is 2.67.